The van der Waals surface area contributed by atoms with Crippen LogP contribution in [0.1, 0.15) is 12.7 Å². The highest BCUT2D eigenvalue weighted by atomic mass is 32.1. The topological polar surface area (TPSA) is 58.6 Å². The van der Waals surface area contributed by atoms with Crippen LogP contribution in [0.2, 0.25) is 0 Å². The highest BCUT2D eigenvalue weighted by Crippen LogP contribution is 2.39. The van der Waals surface area contributed by atoms with E-state index >= 15 is 0 Å². The van der Waals surface area contributed by atoms with Gasteiger partial charge in [-0.1, -0.05) is 30.3 Å². The molecule has 0 unspecified atom stereocenters. The van der Waals surface area contributed by atoms with Gasteiger partial charge in [-0.05, 0) is 12.5 Å². The molecule has 134 valence electrons. The summed E-state index contributed by atoms with van der Waals surface area (Å²) in [5.74, 6) is 1.58. The lowest BCUT2D eigenvalue weighted by Gasteiger charge is -2.19. The number of hydrogen-bond donors (Lipinski definition) is 0. The van der Waals surface area contributed by atoms with Gasteiger partial charge in [-0.25, -0.2) is 9.97 Å². The molecule has 2 aromatic heterocycles. The smallest absolute Gasteiger partial charge is 0.243 e. The maximum absolute atomic E-state index is 12.2. The van der Waals surface area contributed by atoms with E-state index in [0.29, 0.717) is 32.2 Å². The molecular formula is C19H20N4O2S. The molecule has 0 aliphatic carbocycles. The summed E-state index contributed by atoms with van der Waals surface area (Å²) in [4.78, 5) is 26.4. The van der Waals surface area contributed by atoms with Crippen LogP contribution in [-0.4, -0.2) is 47.6 Å². The molecule has 3 aromatic rings. The second-order valence-corrected chi connectivity index (χ2v) is 7.04. The van der Waals surface area contributed by atoms with E-state index in [9.17, 15) is 4.79 Å². The van der Waals surface area contributed by atoms with Gasteiger partial charge in [-0.2, -0.15) is 0 Å². The molecule has 0 saturated carbocycles. The molecule has 0 bridgehead atoms. The Morgan fingerprint density at radius 2 is 2.04 bits per heavy atom. The average Bonchev–Trinajstić information content (AvgIpc) is 3.25. The number of carbonyl (C=O) groups excluding carboxylic acids is 1. The predicted molar refractivity (Wildman–Crippen MR) is 103 cm³/mol. The predicted octanol–water partition coefficient (Wildman–Crippen LogP) is 3.13. The van der Waals surface area contributed by atoms with E-state index in [-0.39, 0.29) is 5.91 Å². The van der Waals surface area contributed by atoms with Gasteiger partial charge in [0.15, 0.2) is 5.82 Å². The normalized spacial score (nSPS) is 14.6. The molecule has 0 radical (unpaired) electrons. The largest absolute Gasteiger partial charge is 0.377 e. The molecule has 0 N–H and O–H groups in total. The molecule has 0 atom stereocenters. The molecule has 3 heterocycles. The van der Waals surface area contributed by atoms with Crippen LogP contribution in [0.3, 0.4) is 0 Å². The molecule has 1 saturated heterocycles. The van der Waals surface area contributed by atoms with Crippen LogP contribution in [0, 0.1) is 0 Å². The van der Waals surface area contributed by atoms with Crippen molar-refractivity contribution in [2.75, 3.05) is 31.8 Å². The fourth-order valence-electron chi connectivity index (χ4n) is 3.24. The SMILES string of the molecule is CCN1CN(c2nc(COC)nc3scc(-c4ccccc4)c23)CC1=O. The second-order valence-electron chi connectivity index (χ2n) is 6.18. The number of thiophene rings is 1. The highest BCUT2D eigenvalue weighted by molar-refractivity contribution is 7.17. The fourth-order valence-corrected chi connectivity index (χ4v) is 4.20. The van der Waals surface area contributed by atoms with Crippen molar-refractivity contribution in [1.29, 1.82) is 0 Å². The van der Waals surface area contributed by atoms with Crippen LogP contribution in [-0.2, 0) is 16.1 Å². The van der Waals surface area contributed by atoms with Gasteiger partial charge < -0.3 is 14.5 Å². The number of nitrogens with zero attached hydrogens (tertiary/aromatic N) is 4. The third-order valence-electron chi connectivity index (χ3n) is 4.52. The van der Waals surface area contributed by atoms with Crippen molar-refractivity contribution in [3.8, 4) is 11.1 Å². The van der Waals surface area contributed by atoms with Crippen LogP contribution in [0.15, 0.2) is 35.7 Å². The quantitative estimate of drug-likeness (QED) is 0.692. The van der Waals surface area contributed by atoms with Crippen LogP contribution >= 0.6 is 11.3 Å². The van der Waals surface area contributed by atoms with Crippen molar-refractivity contribution in [1.82, 2.24) is 14.9 Å². The Morgan fingerprint density at radius 1 is 1.23 bits per heavy atom. The number of carbonyl (C=O) groups is 1. The van der Waals surface area contributed by atoms with Gasteiger partial charge in [-0.15, -0.1) is 11.3 Å². The lowest BCUT2D eigenvalue weighted by Crippen LogP contribution is -2.27. The Morgan fingerprint density at radius 3 is 2.73 bits per heavy atom. The van der Waals surface area contributed by atoms with Gasteiger partial charge in [0.25, 0.3) is 0 Å². The van der Waals surface area contributed by atoms with Crippen LogP contribution in [0.5, 0.6) is 0 Å². The first-order chi connectivity index (χ1) is 12.7. The molecule has 26 heavy (non-hydrogen) atoms. The standard InChI is InChI=1S/C19H20N4O2S/c1-3-22-12-23(9-16(22)24)18-17-14(13-7-5-4-6-8-13)11-26-19(17)21-15(20-18)10-25-2/h4-8,11H,3,9-10,12H2,1-2H3. The van der Waals surface area contributed by atoms with Crippen molar-refractivity contribution in [2.24, 2.45) is 0 Å². The summed E-state index contributed by atoms with van der Waals surface area (Å²) in [5, 5.41) is 3.12. The molecule has 1 amide bonds. The van der Waals surface area contributed by atoms with Gasteiger partial charge in [0.05, 0.1) is 12.1 Å². The van der Waals surface area contributed by atoms with Crippen molar-refractivity contribution < 1.29 is 9.53 Å². The third-order valence-corrected chi connectivity index (χ3v) is 5.39. The van der Waals surface area contributed by atoms with Crippen LogP contribution in [0.4, 0.5) is 5.82 Å². The summed E-state index contributed by atoms with van der Waals surface area (Å²) in [6.07, 6.45) is 0. The Labute approximate surface area is 156 Å². The van der Waals surface area contributed by atoms with E-state index < -0.39 is 0 Å². The summed E-state index contributed by atoms with van der Waals surface area (Å²) in [6.45, 7) is 3.94. The van der Waals surface area contributed by atoms with Gasteiger partial charge in [0.2, 0.25) is 5.91 Å². The number of fused-ring (bicyclic) bond motifs is 1. The minimum absolute atomic E-state index is 0.129. The summed E-state index contributed by atoms with van der Waals surface area (Å²) >= 11 is 1.60. The van der Waals surface area contributed by atoms with Crippen molar-refractivity contribution in [3.05, 3.63) is 41.5 Å². The number of amides is 1. The number of likely N-dealkylation sites (N-methyl/N-ethyl adjacent to an activating group) is 1. The van der Waals surface area contributed by atoms with Crippen molar-refractivity contribution >= 4 is 33.3 Å². The maximum atomic E-state index is 12.2. The lowest BCUT2D eigenvalue weighted by molar-refractivity contribution is -0.126. The zero-order chi connectivity index (χ0) is 18.1. The number of aromatic nitrogens is 2. The maximum Gasteiger partial charge on any atom is 0.243 e. The van der Waals surface area contributed by atoms with Crippen molar-refractivity contribution in [3.63, 3.8) is 0 Å². The Hall–Kier alpha value is -2.51. The van der Waals surface area contributed by atoms with E-state index in [0.717, 1.165) is 27.2 Å². The fraction of sp³-hybridized carbons (Fsp3) is 0.316. The minimum Gasteiger partial charge on any atom is -0.377 e. The summed E-state index contributed by atoms with van der Waals surface area (Å²) in [7, 11) is 1.63. The monoisotopic (exact) mass is 368 g/mol. The van der Waals surface area contributed by atoms with Gasteiger partial charge in [0.1, 0.15) is 23.8 Å². The Bertz CT molecular complexity index is 941. The summed E-state index contributed by atoms with van der Waals surface area (Å²) in [5.41, 5.74) is 2.23. The molecular weight excluding hydrogens is 348 g/mol. The van der Waals surface area contributed by atoms with Crippen LogP contribution < -0.4 is 4.90 Å². The summed E-state index contributed by atoms with van der Waals surface area (Å²) in [6, 6.07) is 10.2. The van der Waals surface area contributed by atoms with Gasteiger partial charge >= 0.3 is 0 Å². The molecule has 1 aliphatic heterocycles. The van der Waals surface area contributed by atoms with Gasteiger partial charge in [0, 0.05) is 24.6 Å². The minimum atomic E-state index is 0.129. The molecule has 1 fully saturated rings. The number of benzene rings is 1. The number of anilines is 1. The average molecular weight is 368 g/mol. The third kappa shape index (κ3) is 2.93. The van der Waals surface area contributed by atoms with Crippen molar-refractivity contribution in [2.45, 2.75) is 13.5 Å². The highest BCUT2D eigenvalue weighted by Gasteiger charge is 2.30. The number of ether oxygens (including phenoxy) is 1. The number of rotatable bonds is 5. The molecule has 6 nitrogen and oxygen atoms in total. The van der Waals surface area contributed by atoms with Gasteiger partial charge in [-0.3, -0.25) is 4.79 Å². The molecule has 4 rings (SSSR count). The summed E-state index contributed by atoms with van der Waals surface area (Å²) < 4.78 is 5.23. The number of methoxy groups -OCH3 is 1. The van der Waals surface area contributed by atoms with E-state index in [1.165, 1.54) is 0 Å². The zero-order valence-electron chi connectivity index (χ0n) is 14.8. The molecule has 7 heteroatoms. The molecule has 1 aromatic carbocycles. The van der Waals surface area contributed by atoms with E-state index in [2.05, 4.69) is 22.5 Å². The molecule has 0 spiro atoms. The zero-order valence-corrected chi connectivity index (χ0v) is 15.6. The number of hydrogen-bond acceptors (Lipinski definition) is 6. The van der Waals surface area contributed by atoms with E-state index in [1.54, 1.807) is 18.4 Å². The first-order valence-electron chi connectivity index (χ1n) is 8.56. The first kappa shape index (κ1) is 16.9. The van der Waals surface area contributed by atoms with E-state index in [4.69, 9.17) is 9.72 Å². The first-order valence-corrected chi connectivity index (χ1v) is 9.44. The second kappa shape index (κ2) is 7.01. The molecule has 1 aliphatic rings. The van der Waals surface area contributed by atoms with E-state index in [1.807, 2.05) is 34.9 Å². The van der Waals surface area contributed by atoms with Crippen LogP contribution in [0.25, 0.3) is 21.3 Å². The Kier molecular flexibility index (Phi) is 4.57. The lowest BCUT2D eigenvalue weighted by atomic mass is 10.1. The Balaban J connectivity index is 1.88.